The lowest BCUT2D eigenvalue weighted by atomic mass is 10.0. The molecule has 0 spiro atoms. The van der Waals surface area contributed by atoms with Gasteiger partial charge < -0.3 is 14.4 Å². The van der Waals surface area contributed by atoms with Gasteiger partial charge in [-0.15, -0.1) is 0 Å². The molecule has 2 heterocycles. The van der Waals surface area contributed by atoms with E-state index in [9.17, 15) is 8.42 Å². The lowest BCUT2D eigenvalue weighted by Crippen LogP contribution is -2.38. The fourth-order valence-corrected chi connectivity index (χ4v) is 4.93. The summed E-state index contributed by atoms with van der Waals surface area (Å²) in [4.78, 5) is 2.34. The van der Waals surface area contributed by atoms with Crippen LogP contribution in [0.5, 0.6) is 0 Å². The van der Waals surface area contributed by atoms with Crippen molar-refractivity contribution in [2.24, 2.45) is 0 Å². The van der Waals surface area contributed by atoms with E-state index in [1.165, 1.54) is 12.8 Å². The van der Waals surface area contributed by atoms with E-state index < -0.39 is 10.0 Å². The number of hydrogen-bond donors (Lipinski definition) is 0. The Bertz CT molecular complexity index is 672. The number of benzene rings is 1. The summed E-state index contributed by atoms with van der Waals surface area (Å²) in [6, 6.07) is 6.29. The number of aryl methyl sites for hydroxylation is 1. The number of rotatable bonds is 8. The van der Waals surface area contributed by atoms with Crippen molar-refractivity contribution in [3.05, 3.63) is 23.8 Å². The first-order valence-electron chi connectivity index (χ1n) is 9.07. The third-order valence-corrected chi connectivity index (χ3v) is 6.60. The smallest absolute Gasteiger partial charge is 0.237 e. The Morgan fingerprint density at radius 3 is 2.60 bits per heavy atom. The molecule has 6 nitrogen and oxygen atoms in total. The molecule has 0 atom stereocenters. The SMILES string of the molecule is COCCOCCS(=O)(=O)N1CCCc2ccc(N3CCCC3)cc21. The molecule has 0 saturated carbocycles. The lowest BCUT2D eigenvalue weighted by Gasteiger charge is -2.32. The molecule has 0 aromatic heterocycles. The Morgan fingerprint density at radius 1 is 1.04 bits per heavy atom. The van der Waals surface area contributed by atoms with E-state index in [0.29, 0.717) is 19.8 Å². The molecule has 0 aliphatic carbocycles. The van der Waals surface area contributed by atoms with Crippen LogP contribution in [0.2, 0.25) is 0 Å². The number of nitrogens with zero attached hydrogens (tertiary/aromatic N) is 2. The molecule has 25 heavy (non-hydrogen) atoms. The summed E-state index contributed by atoms with van der Waals surface area (Å²) in [5.41, 5.74) is 3.11. The number of ether oxygens (including phenoxy) is 2. The van der Waals surface area contributed by atoms with Gasteiger partial charge in [-0.1, -0.05) is 6.07 Å². The van der Waals surface area contributed by atoms with Gasteiger partial charge in [-0.25, -0.2) is 8.42 Å². The zero-order valence-corrected chi connectivity index (χ0v) is 15.8. The van der Waals surface area contributed by atoms with Crippen LogP contribution in [0.4, 0.5) is 11.4 Å². The Balaban J connectivity index is 1.73. The summed E-state index contributed by atoms with van der Waals surface area (Å²) in [6.45, 7) is 3.76. The van der Waals surface area contributed by atoms with Crippen LogP contribution in [0.25, 0.3) is 0 Å². The third kappa shape index (κ3) is 4.46. The highest BCUT2D eigenvalue weighted by Gasteiger charge is 2.28. The maximum Gasteiger partial charge on any atom is 0.237 e. The molecular weight excluding hydrogens is 340 g/mol. The molecule has 0 bridgehead atoms. The predicted octanol–water partition coefficient (Wildman–Crippen LogP) is 2.03. The summed E-state index contributed by atoms with van der Waals surface area (Å²) in [5, 5.41) is 0. The Labute approximate surface area is 150 Å². The van der Waals surface area contributed by atoms with Crippen molar-refractivity contribution in [2.75, 3.05) is 61.5 Å². The van der Waals surface area contributed by atoms with Crippen molar-refractivity contribution in [2.45, 2.75) is 25.7 Å². The zero-order valence-electron chi connectivity index (χ0n) is 14.9. The second-order valence-electron chi connectivity index (χ2n) is 6.60. The van der Waals surface area contributed by atoms with Gasteiger partial charge in [0.1, 0.15) is 0 Å². The van der Waals surface area contributed by atoms with Crippen LogP contribution in [0.15, 0.2) is 18.2 Å². The van der Waals surface area contributed by atoms with Crippen molar-refractivity contribution >= 4 is 21.4 Å². The Hall–Kier alpha value is -1.31. The standard InChI is InChI=1S/C18H28N2O4S/c1-23-11-12-24-13-14-25(21,22)20-10-4-5-16-6-7-17(15-18(16)20)19-8-2-3-9-19/h6-7,15H,2-5,8-14H2,1H3. The van der Waals surface area contributed by atoms with Crippen molar-refractivity contribution in [1.82, 2.24) is 0 Å². The third-order valence-electron chi connectivity index (χ3n) is 4.87. The van der Waals surface area contributed by atoms with Crippen LogP contribution in [0.3, 0.4) is 0 Å². The van der Waals surface area contributed by atoms with Crippen LogP contribution in [0, 0.1) is 0 Å². The van der Waals surface area contributed by atoms with E-state index in [1.54, 1.807) is 11.4 Å². The van der Waals surface area contributed by atoms with E-state index in [0.717, 1.165) is 42.9 Å². The highest BCUT2D eigenvalue weighted by Crippen LogP contribution is 2.34. The minimum atomic E-state index is -3.38. The molecule has 2 aliphatic heterocycles. The van der Waals surface area contributed by atoms with Gasteiger partial charge >= 0.3 is 0 Å². The Kier molecular flexibility index (Phi) is 6.19. The largest absolute Gasteiger partial charge is 0.382 e. The molecule has 2 aliphatic rings. The second kappa shape index (κ2) is 8.38. The van der Waals surface area contributed by atoms with Crippen LogP contribution in [-0.2, 0) is 25.9 Å². The van der Waals surface area contributed by atoms with Gasteiger partial charge in [0.15, 0.2) is 0 Å². The summed E-state index contributed by atoms with van der Waals surface area (Å²) < 4.78 is 37.5. The number of fused-ring (bicyclic) bond motifs is 1. The van der Waals surface area contributed by atoms with E-state index in [4.69, 9.17) is 9.47 Å². The molecule has 0 radical (unpaired) electrons. The van der Waals surface area contributed by atoms with Crippen LogP contribution >= 0.6 is 0 Å². The van der Waals surface area contributed by atoms with Gasteiger partial charge in [0.2, 0.25) is 10.0 Å². The highest BCUT2D eigenvalue weighted by atomic mass is 32.2. The number of hydrogen-bond acceptors (Lipinski definition) is 5. The lowest BCUT2D eigenvalue weighted by molar-refractivity contribution is 0.0785. The molecule has 0 N–H and O–H groups in total. The second-order valence-corrected chi connectivity index (χ2v) is 8.62. The average molecular weight is 368 g/mol. The topological polar surface area (TPSA) is 59.1 Å². The summed E-state index contributed by atoms with van der Waals surface area (Å²) in [5.74, 6) is 0.00406. The Morgan fingerprint density at radius 2 is 1.84 bits per heavy atom. The first kappa shape index (κ1) is 18.5. The molecule has 1 aromatic carbocycles. The van der Waals surface area contributed by atoms with Crippen molar-refractivity contribution in [3.63, 3.8) is 0 Å². The number of anilines is 2. The molecule has 1 fully saturated rings. The van der Waals surface area contributed by atoms with Gasteiger partial charge in [0.05, 0.1) is 31.3 Å². The molecular formula is C18H28N2O4S. The fourth-order valence-electron chi connectivity index (χ4n) is 3.51. The van der Waals surface area contributed by atoms with Gasteiger partial charge in [0.25, 0.3) is 0 Å². The minimum absolute atomic E-state index is 0.00406. The highest BCUT2D eigenvalue weighted by molar-refractivity contribution is 7.92. The predicted molar refractivity (Wildman–Crippen MR) is 100 cm³/mol. The van der Waals surface area contributed by atoms with Crippen molar-refractivity contribution in [3.8, 4) is 0 Å². The summed E-state index contributed by atoms with van der Waals surface area (Å²) in [7, 11) is -1.78. The average Bonchev–Trinajstić information content (AvgIpc) is 3.15. The van der Waals surface area contributed by atoms with E-state index in [-0.39, 0.29) is 12.4 Å². The molecule has 7 heteroatoms. The van der Waals surface area contributed by atoms with E-state index in [2.05, 4.69) is 23.1 Å². The van der Waals surface area contributed by atoms with Crippen LogP contribution < -0.4 is 9.21 Å². The number of methoxy groups -OCH3 is 1. The monoisotopic (exact) mass is 368 g/mol. The first-order chi connectivity index (χ1) is 12.1. The zero-order chi connectivity index (χ0) is 17.7. The van der Waals surface area contributed by atoms with E-state index >= 15 is 0 Å². The molecule has 1 aromatic rings. The fraction of sp³-hybridized carbons (Fsp3) is 0.667. The maximum atomic E-state index is 12.8. The normalized spacial score (nSPS) is 17.8. The summed E-state index contributed by atoms with van der Waals surface area (Å²) >= 11 is 0. The van der Waals surface area contributed by atoms with Crippen LogP contribution in [-0.4, -0.2) is 60.7 Å². The van der Waals surface area contributed by atoms with E-state index in [1.807, 2.05) is 0 Å². The van der Waals surface area contributed by atoms with Gasteiger partial charge in [0, 0.05) is 32.4 Å². The molecule has 140 valence electrons. The molecule has 0 amide bonds. The maximum absolute atomic E-state index is 12.8. The summed E-state index contributed by atoms with van der Waals surface area (Å²) in [6.07, 6.45) is 4.21. The van der Waals surface area contributed by atoms with Gasteiger partial charge in [-0.2, -0.15) is 0 Å². The quantitative estimate of drug-likeness (QED) is 0.657. The van der Waals surface area contributed by atoms with Gasteiger partial charge in [-0.3, -0.25) is 4.31 Å². The number of sulfonamides is 1. The first-order valence-corrected chi connectivity index (χ1v) is 10.7. The van der Waals surface area contributed by atoms with Crippen LogP contribution in [0.1, 0.15) is 24.8 Å². The van der Waals surface area contributed by atoms with Gasteiger partial charge in [-0.05, 0) is 43.4 Å². The minimum Gasteiger partial charge on any atom is -0.382 e. The molecule has 0 unspecified atom stereocenters. The molecule has 1 saturated heterocycles. The molecule has 3 rings (SSSR count). The van der Waals surface area contributed by atoms with Crippen molar-refractivity contribution < 1.29 is 17.9 Å². The van der Waals surface area contributed by atoms with Crippen molar-refractivity contribution in [1.29, 1.82) is 0 Å².